The number of carbonyl (C=O) groups is 3. The molecule has 0 amide bonds. The van der Waals surface area contributed by atoms with Crippen LogP contribution in [-0.4, -0.2) is 46.4 Å². The number of carbonyl (C=O) groups excluding carboxylic acids is 1. The molecule has 0 heterocycles. The standard InChI is InChI=1S/C12H14O4.C4H8O3/c1-2-3-5-8-6-4-7-9(11(13)14)10(8)12(15)16;1-2-7-4(6)3-5/h4,6-7H,2-3,5H2,1H3,(H,13,14)(H,15,16);5H,2-3H2,1H3. The summed E-state index contributed by atoms with van der Waals surface area (Å²) in [6, 6.07) is 4.58. The number of carboxylic acid groups (broad SMARTS) is 2. The summed E-state index contributed by atoms with van der Waals surface area (Å²) in [4.78, 5) is 31.9. The van der Waals surface area contributed by atoms with E-state index in [1.165, 1.54) is 6.07 Å². The number of hydrogen-bond donors (Lipinski definition) is 3. The van der Waals surface area contributed by atoms with E-state index in [1.54, 1.807) is 19.1 Å². The summed E-state index contributed by atoms with van der Waals surface area (Å²) in [6.07, 6.45) is 2.39. The van der Waals surface area contributed by atoms with Gasteiger partial charge in [-0.25, -0.2) is 14.4 Å². The van der Waals surface area contributed by atoms with E-state index in [2.05, 4.69) is 4.74 Å². The number of hydrogen-bond acceptors (Lipinski definition) is 5. The Morgan fingerprint density at radius 3 is 2.13 bits per heavy atom. The van der Waals surface area contributed by atoms with Crippen LogP contribution in [-0.2, 0) is 16.0 Å². The van der Waals surface area contributed by atoms with Crippen LogP contribution >= 0.6 is 0 Å². The van der Waals surface area contributed by atoms with Crippen molar-refractivity contribution in [3.8, 4) is 0 Å². The molecule has 7 nitrogen and oxygen atoms in total. The van der Waals surface area contributed by atoms with Crippen LogP contribution in [0.2, 0.25) is 0 Å². The summed E-state index contributed by atoms with van der Waals surface area (Å²) >= 11 is 0. The van der Waals surface area contributed by atoms with E-state index in [1.807, 2.05) is 6.92 Å². The van der Waals surface area contributed by atoms with Crippen LogP contribution in [0.15, 0.2) is 18.2 Å². The molecule has 0 saturated carbocycles. The summed E-state index contributed by atoms with van der Waals surface area (Å²) in [5.41, 5.74) is 0.374. The first-order chi connectivity index (χ1) is 10.9. The average Bonchev–Trinajstić information content (AvgIpc) is 2.52. The molecule has 23 heavy (non-hydrogen) atoms. The van der Waals surface area contributed by atoms with E-state index in [0.29, 0.717) is 18.6 Å². The van der Waals surface area contributed by atoms with E-state index in [0.717, 1.165) is 12.8 Å². The van der Waals surface area contributed by atoms with Crippen LogP contribution < -0.4 is 0 Å². The molecule has 0 spiro atoms. The molecule has 0 radical (unpaired) electrons. The van der Waals surface area contributed by atoms with Gasteiger partial charge in [0.05, 0.1) is 17.7 Å². The zero-order valence-corrected chi connectivity index (χ0v) is 13.2. The van der Waals surface area contributed by atoms with Crippen molar-refractivity contribution in [1.82, 2.24) is 0 Å². The molecule has 1 aromatic carbocycles. The first-order valence-electron chi connectivity index (χ1n) is 7.23. The van der Waals surface area contributed by atoms with Crippen molar-refractivity contribution < 1.29 is 34.4 Å². The predicted molar refractivity (Wildman–Crippen MR) is 82.7 cm³/mol. The van der Waals surface area contributed by atoms with Crippen molar-refractivity contribution in [1.29, 1.82) is 0 Å². The maximum atomic E-state index is 11.0. The van der Waals surface area contributed by atoms with Gasteiger partial charge >= 0.3 is 17.9 Å². The number of aliphatic hydroxyl groups excluding tert-OH is 1. The lowest BCUT2D eigenvalue weighted by atomic mass is 9.97. The Morgan fingerprint density at radius 1 is 1.09 bits per heavy atom. The normalized spacial score (nSPS) is 9.52. The maximum Gasteiger partial charge on any atom is 0.336 e. The molecular formula is C16H22O7. The van der Waals surface area contributed by atoms with Gasteiger partial charge in [-0.05, 0) is 31.4 Å². The van der Waals surface area contributed by atoms with Crippen molar-refractivity contribution in [3.63, 3.8) is 0 Å². The van der Waals surface area contributed by atoms with Crippen molar-refractivity contribution in [2.45, 2.75) is 33.1 Å². The fourth-order valence-electron chi connectivity index (χ4n) is 1.81. The monoisotopic (exact) mass is 326 g/mol. The third kappa shape index (κ3) is 7.42. The molecule has 128 valence electrons. The Kier molecular flexibility index (Phi) is 10.0. The fraction of sp³-hybridized carbons (Fsp3) is 0.438. The Labute approximate surface area is 134 Å². The minimum atomic E-state index is -1.20. The van der Waals surface area contributed by atoms with Gasteiger partial charge in [-0.2, -0.15) is 0 Å². The summed E-state index contributed by atoms with van der Waals surface area (Å²) in [6.45, 7) is 3.50. The Hall–Kier alpha value is -2.41. The predicted octanol–water partition coefficient (Wildman–Crippen LogP) is 1.97. The highest BCUT2D eigenvalue weighted by Crippen LogP contribution is 2.17. The van der Waals surface area contributed by atoms with Gasteiger partial charge in [-0.1, -0.05) is 25.5 Å². The number of rotatable bonds is 7. The number of ether oxygens (including phenoxy) is 1. The number of unbranched alkanes of at least 4 members (excludes halogenated alkanes) is 1. The zero-order chi connectivity index (χ0) is 17.8. The average molecular weight is 326 g/mol. The van der Waals surface area contributed by atoms with Gasteiger partial charge in [0.2, 0.25) is 0 Å². The van der Waals surface area contributed by atoms with Crippen molar-refractivity contribution in [3.05, 3.63) is 34.9 Å². The summed E-state index contributed by atoms with van der Waals surface area (Å²) in [7, 11) is 0. The molecule has 0 unspecified atom stereocenters. The second-order valence-corrected chi connectivity index (χ2v) is 4.52. The molecule has 0 aliphatic heterocycles. The summed E-state index contributed by atoms with van der Waals surface area (Å²) in [5, 5.41) is 25.9. The molecule has 0 aromatic heterocycles. The topological polar surface area (TPSA) is 121 Å². The molecule has 7 heteroatoms. The Morgan fingerprint density at radius 2 is 1.74 bits per heavy atom. The highest BCUT2D eigenvalue weighted by Gasteiger charge is 2.19. The van der Waals surface area contributed by atoms with Crippen LogP contribution in [0.3, 0.4) is 0 Å². The Balaban J connectivity index is 0.000000585. The van der Waals surface area contributed by atoms with Crippen LogP contribution in [0, 0.1) is 0 Å². The van der Waals surface area contributed by atoms with Crippen LogP contribution in [0.25, 0.3) is 0 Å². The molecule has 0 atom stereocenters. The van der Waals surface area contributed by atoms with E-state index in [-0.39, 0.29) is 11.1 Å². The minimum absolute atomic E-state index is 0.0801. The molecule has 0 bridgehead atoms. The lowest BCUT2D eigenvalue weighted by molar-refractivity contribution is -0.146. The van der Waals surface area contributed by atoms with Gasteiger partial charge in [0.1, 0.15) is 6.61 Å². The van der Waals surface area contributed by atoms with Gasteiger partial charge in [-0.15, -0.1) is 0 Å². The van der Waals surface area contributed by atoms with Gasteiger partial charge in [-0.3, -0.25) is 0 Å². The van der Waals surface area contributed by atoms with Crippen molar-refractivity contribution >= 4 is 17.9 Å². The van der Waals surface area contributed by atoms with Gasteiger partial charge < -0.3 is 20.1 Å². The fourth-order valence-corrected chi connectivity index (χ4v) is 1.81. The number of aryl methyl sites for hydroxylation is 1. The molecular weight excluding hydrogens is 304 g/mol. The molecule has 0 fully saturated rings. The highest BCUT2D eigenvalue weighted by atomic mass is 16.5. The van der Waals surface area contributed by atoms with Gasteiger partial charge in [0.25, 0.3) is 0 Å². The third-order valence-corrected chi connectivity index (χ3v) is 2.83. The van der Waals surface area contributed by atoms with E-state index in [9.17, 15) is 14.4 Å². The van der Waals surface area contributed by atoms with E-state index < -0.39 is 24.5 Å². The minimum Gasteiger partial charge on any atom is -0.478 e. The van der Waals surface area contributed by atoms with Crippen LogP contribution in [0.4, 0.5) is 0 Å². The van der Waals surface area contributed by atoms with Gasteiger partial charge in [0.15, 0.2) is 0 Å². The zero-order valence-electron chi connectivity index (χ0n) is 13.2. The largest absolute Gasteiger partial charge is 0.478 e. The van der Waals surface area contributed by atoms with Crippen LogP contribution in [0.5, 0.6) is 0 Å². The van der Waals surface area contributed by atoms with Crippen molar-refractivity contribution in [2.24, 2.45) is 0 Å². The quantitative estimate of drug-likeness (QED) is 0.655. The molecule has 0 saturated heterocycles. The molecule has 1 aromatic rings. The number of benzene rings is 1. The second kappa shape index (κ2) is 11.2. The molecule has 0 aliphatic carbocycles. The summed E-state index contributed by atoms with van der Waals surface area (Å²) < 4.78 is 4.30. The SMILES string of the molecule is CCCCc1cccc(C(=O)O)c1C(=O)O.CCOC(=O)CO. The molecule has 1 rings (SSSR count). The van der Waals surface area contributed by atoms with E-state index >= 15 is 0 Å². The number of carboxylic acids is 2. The van der Waals surface area contributed by atoms with E-state index in [4.69, 9.17) is 15.3 Å². The van der Waals surface area contributed by atoms with Gasteiger partial charge in [0, 0.05) is 0 Å². The lowest BCUT2D eigenvalue weighted by Gasteiger charge is -2.08. The smallest absolute Gasteiger partial charge is 0.336 e. The number of aliphatic hydroxyl groups is 1. The Bertz CT molecular complexity index is 537. The highest BCUT2D eigenvalue weighted by molar-refractivity contribution is 6.02. The summed E-state index contributed by atoms with van der Waals surface area (Å²) in [5.74, 6) is -2.94. The lowest BCUT2D eigenvalue weighted by Crippen LogP contribution is -2.11. The van der Waals surface area contributed by atoms with Crippen LogP contribution in [0.1, 0.15) is 53.0 Å². The molecule has 0 aliphatic rings. The second-order valence-electron chi connectivity index (χ2n) is 4.52. The number of esters is 1. The first-order valence-corrected chi connectivity index (χ1v) is 7.23. The molecule has 3 N–H and O–H groups in total. The van der Waals surface area contributed by atoms with Crippen molar-refractivity contribution in [2.75, 3.05) is 13.2 Å². The third-order valence-electron chi connectivity index (χ3n) is 2.83. The first kappa shape index (κ1) is 20.6. The number of aromatic carboxylic acids is 2. The maximum absolute atomic E-state index is 11.0.